The Hall–Kier alpha value is -3.32. The fourth-order valence-electron chi connectivity index (χ4n) is 6.03. The molecule has 0 nitrogen and oxygen atoms in total. The first-order valence-corrected chi connectivity index (χ1v) is 11.8. The molecule has 33 heavy (non-hydrogen) atoms. The Morgan fingerprint density at radius 2 is 1.00 bits per heavy atom. The van der Waals surface area contributed by atoms with E-state index in [2.05, 4.69) is 91.0 Å². The van der Waals surface area contributed by atoms with E-state index in [1.54, 1.807) is 0 Å². The van der Waals surface area contributed by atoms with Gasteiger partial charge in [0.25, 0.3) is 0 Å². The zero-order valence-electron chi connectivity index (χ0n) is 17.6. The maximum Gasteiger partial charge on any atom is 0.0726 e. The Kier molecular flexibility index (Phi) is 3.97. The normalized spacial score (nSPS) is 14.0. The Morgan fingerprint density at radius 1 is 0.424 bits per heavy atom. The van der Waals surface area contributed by atoms with Gasteiger partial charge in [-0.2, -0.15) is 0 Å². The molecule has 0 atom stereocenters. The van der Waals surface area contributed by atoms with Crippen molar-refractivity contribution in [2.45, 2.75) is 5.41 Å². The number of rotatable bonds is 1. The SMILES string of the molecule is Clc1ccc(-c2cccc3c2-c2ccc(Cl)cc2C32c3ccccc3-c3ccccc32)cc1. The molecule has 0 N–H and O–H groups in total. The molecule has 5 aromatic rings. The van der Waals surface area contributed by atoms with Crippen LogP contribution in [0, 0.1) is 0 Å². The molecule has 5 aromatic carbocycles. The third kappa shape index (κ3) is 2.43. The highest BCUT2D eigenvalue weighted by molar-refractivity contribution is 6.31. The van der Waals surface area contributed by atoms with E-state index in [-0.39, 0.29) is 5.41 Å². The van der Waals surface area contributed by atoms with Crippen molar-refractivity contribution in [1.29, 1.82) is 0 Å². The molecular weight excluding hydrogens is 443 g/mol. The van der Waals surface area contributed by atoms with Crippen LogP contribution in [0.1, 0.15) is 22.3 Å². The molecule has 0 fully saturated rings. The largest absolute Gasteiger partial charge is 0.0843 e. The smallest absolute Gasteiger partial charge is 0.0726 e. The third-order valence-electron chi connectivity index (χ3n) is 7.23. The summed E-state index contributed by atoms with van der Waals surface area (Å²) in [6.07, 6.45) is 0. The molecule has 2 heteroatoms. The van der Waals surface area contributed by atoms with Gasteiger partial charge in [-0.25, -0.2) is 0 Å². The third-order valence-corrected chi connectivity index (χ3v) is 7.72. The lowest BCUT2D eigenvalue weighted by Gasteiger charge is -2.30. The number of hydrogen-bond acceptors (Lipinski definition) is 0. The predicted octanol–water partition coefficient (Wildman–Crippen LogP) is 9.00. The molecular formula is C31H18Cl2. The van der Waals surface area contributed by atoms with Gasteiger partial charge in [-0.15, -0.1) is 0 Å². The van der Waals surface area contributed by atoms with Gasteiger partial charge < -0.3 is 0 Å². The first-order chi connectivity index (χ1) is 16.2. The summed E-state index contributed by atoms with van der Waals surface area (Å²) in [5.41, 5.74) is 12.3. The van der Waals surface area contributed by atoms with E-state index < -0.39 is 0 Å². The molecule has 7 rings (SSSR count). The van der Waals surface area contributed by atoms with Gasteiger partial charge in [0, 0.05) is 10.0 Å². The van der Waals surface area contributed by atoms with Gasteiger partial charge in [-0.05, 0) is 79.9 Å². The lowest BCUT2D eigenvalue weighted by Crippen LogP contribution is -2.25. The minimum Gasteiger partial charge on any atom is -0.0843 e. The van der Waals surface area contributed by atoms with Crippen molar-refractivity contribution >= 4 is 23.2 Å². The fourth-order valence-corrected chi connectivity index (χ4v) is 6.33. The summed E-state index contributed by atoms with van der Waals surface area (Å²) in [6.45, 7) is 0. The van der Waals surface area contributed by atoms with E-state index >= 15 is 0 Å². The van der Waals surface area contributed by atoms with Gasteiger partial charge in [0.05, 0.1) is 5.41 Å². The summed E-state index contributed by atoms with van der Waals surface area (Å²) in [4.78, 5) is 0. The summed E-state index contributed by atoms with van der Waals surface area (Å²) in [6, 6.07) is 38.8. The van der Waals surface area contributed by atoms with Gasteiger partial charge in [0.2, 0.25) is 0 Å². The molecule has 0 saturated heterocycles. The molecule has 0 bridgehead atoms. The van der Waals surface area contributed by atoms with Crippen molar-refractivity contribution < 1.29 is 0 Å². The van der Waals surface area contributed by atoms with E-state index in [9.17, 15) is 0 Å². The van der Waals surface area contributed by atoms with Crippen LogP contribution in [0.5, 0.6) is 0 Å². The van der Waals surface area contributed by atoms with Crippen LogP contribution in [0.25, 0.3) is 33.4 Å². The zero-order valence-corrected chi connectivity index (χ0v) is 19.2. The second-order valence-corrected chi connectivity index (χ2v) is 9.64. The lowest BCUT2D eigenvalue weighted by atomic mass is 9.70. The van der Waals surface area contributed by atoms with E-state index in [1.165, 1.54) is 50.1 Å². The minimum atomic E-state index is -0.384. The molecule has 156 valence electrons. The van der Waals surface area contributed by atoms with Crippen LogP contribution >= 0.6 is 23.2 Å². The number of hydrogen-bond donors (Lipinski definition) is 0. The summed E-state index contributed by atoms with van der Waals surface area (Å²) < 4.78 is 0. The van der Waals surface area contributed by atoms with Crippen molar-refractivity contribution in [2.24, 2.45) is 0 Å². The fraction of sp³-hybridized carbons (Fsp3) is 0.0323. The van der Waals surface area contributed by atoms with Crippen molar-refractivity contribution in [3.63, 3.8) is 0 Å². The van der Waals surface area contributed by atoms with E-state index in [4.69, 9.17) is 23.2 Å². The summed E-state index contributed by atoms with van der Waals surface area (Å²) in [7, 11) is 0. The highest BCUT2D eigenvalue weighted by Crippen LogP contribution is 2.64. The van der Waals surface area contributed by atoms with Crippen molar-refractivity contribution in [3.05, 3.63) is 141 Å². The van der Waals surface area contributed by atoms with E-state index in [0.29, 0.717) is 0 Å². The average molecular weight is 461 g/mol. The number of benzene rings is 5. The Morgan fingerprint density at radius 3 is 1.70 bits per heavy atom. The molecule has 0 saturated carbocycles. The summed E-state index contributed by atoms with van der Waals surface area (Å²) in [5.74, 6) is 0. The highest BCUT2D eigenvalue weighted by atomic mass is 35.5. The predicted molar refractivity (Wildman–Crippen MR) is 138 cm³/mol. The summed E-state index contributed by atoms with van der Waals surface area (Å²) in [5, 5.41) is 1.50. The van der Waals surface area contributed by atoms with Crippen LogP contribution in [0.15, 0.2) is 109 Å². The maximum atomic E-state index is 6.64. The summed E-state index contributed by atoms with van der Waals surface area (Å²) >= 11 is 12.9. The first kappa shape index (κ1) is 19.2. The Balaban J connectivity index is 1.67. The highest BCUT2D eigenvalue weighted by Gasteiger charge is 2.52. The maximum absolute atomic E-state index is 6.64. The minimum absolute atomic E-state index is 0.384. The van der Waals surface area contributed by atoms with Gasteiger partial charge in [-0.1, -0.05) is 108 Å². The van der Waals surface area contributed by atoms with Crippen LogP contribution in [-0.2, 0) is 5.41 Å². The quantitative estimate of drug-likeness (QED) is 0.229. The average Bonchev–Trinajstić information content (AvgIpc) is 3.31. The number of fused-ring (bicyclic) bond motifs is 10. The van der Waals surface area contributed by atoms with Crippen LogP contribution in [-0.4, -0.2) is 0 Å². The first-order valence-electron chi connectivity index (χ1n) is 11.1. The lowest BCUT2D eigenvalue weighted by molar-refractivity contribution is 0.794. The second kappa shape index (κ2) is 6.84. The Bertz CT molecular complexity index is 1530. The van der Waals surface area contributed by atoms with Gasteiger partial charge in [-0.3, -0.25) is 0 Å². The number of halogens is 2. The van der Waals surface area contributed by atoms with Gasteiger partial charge in [0.1, 0.15) is 0 Å². The molecule has 0 aromatic heterocycles. The molecule has 2 aliphatic rings. The van der Waals surface area contributed by atoms with E-state index in [1.807, 2.05) is 18.2 Å². The molecule has 0 radical (unpaired) electrons. The molecule has 0 amide bonds. The van der Waals surface area contributed by atoms with Crippen molar-refractivity contribution in [3.8, 4) is 33.4 Å². The van der Waals surface area contributed by atoms with Crippen molar-refractivity contribution in [2.75, 3.05) is 0 Å². The van der Waals surface area contributed by atoms with Crippen LogP contribution < -0.4 is 0 Å². The van der Waals surface area contributed by atoms with Gasteiger partial charge in [0.15, 0.2) is 0 Å². The molecule has 1 spiro atoms. The van der Waals surface area contributed by atoms with Crippen molar-refractivity contribution in [1.82, 2.24) is 0 Å². The van der Waals surface area contributed by atoms with E-state index in [0.717, 1.165) is 15.6 Å². The van der Waals surface area contributed by atoms with Crippen LogP contribution in [0.4, 0.5) is 0 Å². The molecule has 2 aliphatic carbocycles. The molecule has 0 aliphatic heterocycles. The second-order valence-electron chi connectivity index (χ2n) is 8.77. The molecule has 0 unspecified atom stereocenters. The van der Waals surface area contributed by atoms with Crippen LogP contribution in [0.3, 0.4) is 0 Å². The molecule has 0 heterocycles. The van der Waals surface area contributed by atoms with Crippen LogP contribution in [0.2, 0.25) is 10.0 Å². The zero-order chi connectivity index (χ0) is 22.2. The Labute approximate surface area is 203 Å². The standard InChI is InChI=1S/C31H18Cl2/c32-20-14-12-19(13-15-20)22-8-5-11-28-30(22)25-17-16-21(33)18-29(25)31(28)26-9-3-1-6-23(26)24-7-2-4-10-27(24)31/h1-18H. The monoisotopic (exact) mass is 460 g/mol. The van der Waals surface area contributed by atoms with Gasteiger partial charge >= 0.3 is 0 Å². The topological polar surface area (TPSA) is 0 Å².